The number of unbranched alkanes of at least 4 members (excludes halogenated alkanes) is 3. The van der Waals surface area contributed by atoms with Crippen molar-refractivity contribution in [1.82, 2.24) is 4.98 Å². The molecular weight excluding hydrogens is 196 g/mol. The molecule has 1 heterocycles. The number of anilines is 1. The number of pyridine rings is 1. The van der Waals surface area contributed by atoms with Crippen molar-refractivity contribution in [2.24, 2.45) is 0 Å². The lowest BCUT2D eigenvalue weighted by atomic mass is 9.92. The van der Waals surface area contributed by atoms with Gasteiger partial charge in [0, 0.05) is 6.20 Å². The lowest BCUT2D eigenvalue weighted by Gasteiger charge is -2.14. The number of nitrogens with two attached hydrogens (primary N) is 1. The molecular formula is C14H24N2. The Morgan fingerprint density at radius 2 is 2.00 bits per heavy atom. The standard InChI is InChI=1S/C14H24N2/c1-3-5-6-7-8-12(4-2)13-9-10-14(15)16-11-13/h9-12H,3-8H2,1-2H3,(H2,15,16). The Hall–Kier alpha value is -1.05. The summed E-state index contributed by atoms with van der Waals surface area (Å²) in [4.78, 5) is 4.17. The minimum Gasteiger partial charge on any atom is -0.384 e. The molecule has 1 rings (SSSR count). The lowest BCUT2D eigenvalue weighted by molar-refractivity contribution is 0.541. The van der Waals surface area contributed by atoms with Crippen LogP contribution in [0.4, 0.5) is 5.82 Å². The third-order valence-corrected chi connectivity index (χ3v) is 3.18. The van der Waals surface area contributed by atoms with Crippen molar-refractivity contribution in [3.63, 3.8) is 0 Å². The highest BCUT2D eigenvalue weighted by Crippen LogP contribution is 2.25. The second kappa shape index (κ2) is 7.26. The maximum absolute atomic E-state index is 5.60. The minimum atomic E-state index is 0.615. The first kappa shape index (κ1) is 13.0. The molecule has 2 heteroatoms. The SMILES string of the molecule is CCCCCCC(CC)c1ccc(N)nc1. The van der Waals surface area contributed by atoms with Gasteiger partial charge in [0.1, 0.15) is 5.82 Å². The van der Waals surface area contributed by atoms with Crippen molar-refractivity contribution in [1.29, 1.82) is 0 Å². The van der Waals surface area contributed by atoms with Gasteiger partial charge in [-0.15, -0.1) is 0 Å². The van der Waals surface area contributed by atoms with Crippen LogP contribution >= 0.6 is 0 Å². The fraction of sp³-hybridized carbons (Fsp3) is 0.643. The zero-order valence-electron chi connectivity index (χ0n) is 10.6. The molecule has 0 saturated carbocycles. The number of aromatic nitrogens is 1. The molecule has 1 atom stereocenters. The lowest BCUT2D eigenvalue weighted by Crippen LogP contribution is -1.99. The molecule has 0 bridgehead atoms. The van der Waals surface area contributed by atoms with Crippen LogP contribution in [0, 0.1) is 0 Å². The summed E-state index contributed by atoms with van der Waals surface area (Å²) in [5.74, 6) is 1.27. The van der Waals surface area contributed by atoms with E-state index in [2.05, 4.69) is 24.9 Å². The van der Waals surface area contributed by atoms with Gasteiger partial charge in [-0.1, -0.05) is 45.6 Å². The van der Waals surface area contributed by atoms with Crippen LogP contribution in [0.5, 0.6) is 0 Å². The van der Waals surface area contributed by atoms with E-state index in [4.69, 9.17) is 5.73 Å². The molecule has 0 aliphatic carbocycles. The van der Waals surface area contributed by atoms with Crippen molar-refractivity contribution in [2.45, 2.75) is 58.3 Å². The molecule has 2 N–H and O–H groups in total. The highest BCUT2D eigenvalue weighted by atomic mass is 14.8. The van der Waals surface area contributed by atoms with Crippen LogP contribution in [0.25, 0.3) is 0 Å². The van der Waals surface area contributed by atoms with Gasteiger partial charge in [0.05, 0.1) is 0 Å². The minimum absolute atomic E-state index is 0.615. The average molecular weight is 220 g/mol. The van der Waals surface area contributed by atoms with Crippen LogP contribution in [-0.4, -0.2) is 4.98 Å². The van der Waals surface area contributed by atoms with E-state index in [0.29, 0.717) is 11.7 Å². The van der Waals surface area contributed by atoms with E-state index in [0.717, 1.165) is 0 Å². The highest BCUT2D eigenvalue weighted by molar-refractivity contribution is 5.30. The first-order chi connectivity index (χ1) is 7.77. The van der Waals surface area contributed by atoms with Gasteiger partial charge in [0.2, 0.25) is 0 Å². The first-order valence-corrected chi connectivity index (χ1v) is 6.49. The smallest absolute Gasteiger partial charge is 0.123 e. The average Bonchev–Trinajstić information content (AvgIpc) is 2.31. The summed E-state index contributed by atoms with van der Waals surface area (Å²) in [7, 11) is 0. The molecule has 1 aromatic rings. The van der Waals surface area contributed by atoms with Crippen LogP contribution in [0.1, 0.15) is 63.9 Å². The third kappa shape index (κ3) is 4.21. The Morgan fingerprint density at radius 1 is 1.19 bits per heavy atom. The van der Waals surface area contributed by atoms with Gasteiger partial charge in [-0.2, -0.15) is 0 Å². The Bertz CT molecular complexity index is 279. The van der Waals surface area contributed by atoms with Gasteiger partial charge in [-0.3, -0.25) is 0 Å². The summed E-state index contributed by atoms with van der Waals surface area (Å²) >= 11 is 0. The van der Waals surface area contributed by atoms with E-state index in [-0.39, 0.29) is 0 Å². The first-order valence-electron chi connectivity index (χ1n) is 6.49. The molecule has 0 spiro atoms. The van der Waals surface area contributed by atoms with Crippen molar-refractivity contribution in [3.05, 3.63) is 23.9 Å². The predicted molar refractivity (Wildman–Crippen MR) is 70.4 cm³/mol. The quantitative estimate of drug-likeness (QED) is 0.702. The van der Waals surface area contributed by atoms with E-state index in [9.17, 15) is 0 Å². The number of rotatable bonds is 7. The van der Waals surface area contributed by atoms with Gasteiger partial charge >= 0.3 is 0 Å². The van der Waals surface area contributed by atoms with Crippen LogP contribution in [0.15, 0.2) is 18.3 Å². The molecule has 2 nitrogen and oxygen atoms in total. The van der Waals surface area contributed by atoms with Crippen molar-refractivity contribution < 1.29 is 0 Å². The maximum atomic E-state index is 5.60. The van der Waals surface area contributed by atoms with E-state index in [1.165, 1.54) is 44.1 Å². The maximum Gasteiger partial charge on any atom is 0.123 e. The van der Waals surface area contributed by atoms with Crippen molar-refractivity contribution in [2.75, 3.05) is 5.73 Å². The summed E-state index contributed by atoms with van der Waals surface area (Å²) in [5, 5.41) is 0. The second-order valence-corrected chi connectivity index (χ2v) is 4.47. The number of hydrogen-bond donors (Lipinski definition) is 1. The summed E-state index contributed by atoms with van der Waals surface area (Å²) in [5.41, 5.74) is 6.94. The largest absolute Gasteiger partial charge is 0.384 e. The van der Waals surface area contributed by atoms with Gasteiger partial charge in [-0.25, -0.2) is 4.98 Å². The Morgan fingerprint density at radius 3 is 2.56 bits per heavy atom. The Kier molecular flexibility index (Phi) is 5.91. The molecule has 1 aromatic heterocycles. The van der Waals surface area contributed by atoms with Crippen molar-refractivity contribution in [3.8, 4) is 0 Å². The van der Waals surface area contributed by atoms with E-state index in [1.54, 1.807) is 0 Å². The van der Waals surface area contributed by atoms with Crippen LogP contribution in [0.2, 0.25) is 0 Å². The topological polar surface area (TPSA) is 38.9 Å². The van der Waals surface area contributed by atoms with E-state index in [1.807, 2.05) is 12.3 Å². The predicted octanol–water partition coefficient (Wildman–Crippen LogP) is 4.13. The Balaban J connectivity index is 2.44. The fourth-order valence-corrected chi connectivity index (χ4v) is 2.08. The molecule has 16 heavy (non-hydrogen) atoms. The zero-order valence-corrected chi connectivity index (χ0v) is 10.6. The molecule has 0 saturated heterocycles. The highest BCUT2D eigenvalue weighted by Gasteiger charge is 2.08. The number of hydrogen-bond acceptors (Lipinski definition) is 2. The third-order valence-electron chi connectivity index (χ3n) is 3.18. The molecule has 0 amide bonds. The summed E-state index contributed by atoms with van der Waals surface area (Å²) in [6.45, 7) is 4.50. The van der Waals surface area contributed by atoms with Crippen LogP contribution in [-0.2, 0) is 0 Å². The van der Waals surface area contributed by atoms with E-state index < -0.39 is 0 Å². The Labute approximate surface area is 99.3 Å². The number of nitrogen functional groups attached to an aromatic ring is 1. The molecule has 0 aliphatic heterocycles. The van der Waals surface area contributed by atoms with Gasteiger partial charge in [0.15, 0.2) is 0 Å². The zero-order chi connectivity index (χ0) is 11.8. The summed E-state index contributed by atoms with van der Waals surface area (Å²) in [6.07, 6.45) is 9.76. The number of nitrogens with zero attached hydrogens (tertiary/aromatic N) is 1. The fourth-order valence-electron chi connectivity index (χ4n) is 2.08. The summed E-state index contributed by atoms with van der Waals surface area (Å²) < 4.78 is 0. The second-order valence-electron chi connectivity index (χ2n) is 4.47. The molecule has 0 radical (unpaired) electrons. The van der Waals surface area contributed by atoms with Crippen LogP contribution in [0.3, 0.4) is 0 Å². The summed E-state index contributed by atoms with van der Waals surface area (Å²) in [6, 6.07) is 4.03. The van der Waals surface area contributed by atoms with Crippen LogP contribution < -0.4 is 5.73 Å². The molecule has 0 aliphatic rings. The van der Waals surface area contributed by atoms with Gasteiger partial charge in [0.25, 0.3) is 0 Å². The van der Waals surface area contributed by atoms with E-state index >= 15 is 0 Å². The van der Waals surface area contributed by atoms with Gasteiger partial charge < -0.3 is 5.73 Å². The normalized spacial score (nSPS) is 12.6. The van der Waals surface area contributed by atoms with Gasteiger partial charge in [-0.05, 0) is 30.4 Å². The van der Waals surface area contributed by atoms with Crippen molar-refractivity contribution >= 4 is 5.82 Å². The molecule has 0 aromatic carbocycles. The monoisotopic (exact) mass is 220 g/mol. The molecule has 0 fully saturated rings. The molecule has 1 unspecified atom stereocenters. The molecule has 90 valence electrons.